The molecule has 0 radical (unpaired) electrons. The van der Waals surface area contributed by atoms with E-state index in [9.17, 15) is 0 Å². The van der Waals surface area contributed by atoms with Crippen molar-refractivity contribution in [1.29, 1.82) is 0 Å². The molecule has 1 atom stereocenters. The summed E-state index contributed by atoms with van der Waals surface area (Å²) in [5, 5.41) is 0.774. The van der Waals surface area contributed by atoms with Crippen molar-refractivity contribution in [2.24, 2.45) is 0 Å². The lowest BCUT2D eigenvalue weighted by Crippen LogP contribution is -1.87. The first-order valence-corrected chi connectivity index (χ1v) is 7.22. The molecule has 0 aliphatic heterocycles. The Morgan fingerprint density at radius 1 is 1.20 bits per heavy atom. The van der Waals surface area contributed by atoms with Crippen molar-refractivity contribution in [2.75, 3.05) is 0 Å². The van der Waals surface area contributed by atoms with E-state index in [0.29, 0.717) is 0 Å². The third kappa shape index (κ3) is 2.64. The second-order valence-electron chi connectivity index (χ2n) is 3.04. The number of thiophene rings is 1. The number of halogens is 3. The van der Waals surface area contributed by atoms with Gasteiger partial charge in [-0.3, -0.25) is 0 Å². The lowest BCUT2D eigenvalue weighted by molar-refractivity contribution is 1.23. The molecule has 1 heterocycles. The second kappa shape index (κ2) is 5.00. The standard InChI is InChI=1S/C11H7Br2ClS/c12-10(7-4-2-1-3-5-7)9-6-8(14)11(13)15-9/h1-6,10H. The van der Waals surface area contributed by atoms with Crippen molar-refractivity contribution >= 4 is 54.8 Å². The fraction of sp³-hybridized carbons (Fsp3) is 0.0909. The molecule has 1 unspecified atom stereocenters. The maximum Gasteiger partial charge on any atom is 0.0887 e. The molecule has 0 N–H and O–H groups in total. The van der Waals surface area contributed by atoms with Crippen molar-refractivity contribution in [2.45, 2.75) is 4.83 Å². The molecule has 4 heteroatoms. The molecular formula is C11H7Br2ClS. The summed E-state index contributed by atoms with van der Waals surface area (Å²) >= 11 is 14.8. The Morgan fingerprint density at radius 3 is 2.40 bits per heavy atom. The predicted molar refractivity (Wildman–Crippen MR) is 74.2 cm³/mol. The minimum absolute atomic E-state index is 0.215. The van der Waals surface area contributed by atoms with E-state index in [4.69, 9.17) is 11.6 Å². The maximum atomic E-state index is 6.00. The van der Waals surface area contributed by atoms with Crippen LogP contribution in [0.15, 0.2) is 40.2 Å². The number of hydrogen-bond donors (Lipinski definition) is 0. The Kier molecular flexibility index (Phi) is 3.88. The van der Waals surface area contributed by atoms with Crippen molar-refractivity contribution in [1.82, 2.24) is 0 Å². The van der Waals surface area contributed by atoms with Gasteiger partial charge in [0, 0.05) is 4.88 Å². The molecule has 1 aromatic carbocycles. The molecule has 2 rings (SSSR count). The molecule has 0 amide bonds. The van der Waals surface area contributed by atoms with Gasteiger partial charge in [0.2, 0.25) is 0 Å². The van der Waals surface area contributed by atoms with Crippen LogP contribution in [-0.2, 0) is 0 Å². The van der Waals surface area contributed by atoms with Gasteiger partial charge in [0.25, 0.3) is 0 Å². The molecule has 0 fully saturated rings. The molecule has 0 spiro atoms. The Hall–Kier alpha value is 0.170. The van der Waals surface area contributed by atoms with Crippen LogP contribution in [0.2, 0.25) is 5.02 Å². The molecule has 2 aromatic rings. The zero-order chi connectivity index (χ0) is 10.8. The van der Waals surface area contributed by atoms with E-state index >= 15 is 0 Å². The maximum absolute atomic E-state index is 6.00. The van der Waals surface area contributed by atoms with Gasteiger partial charge in [-0.15, -0.1) is 11.3 Å². The summed E-state index contributed by atoms with van der Waals surface area (Å²) in [6.07, 6.45) is 0. The quantitative estimate of drug-likeness (QED) is 0.603. The van der Waals surface area contributed by atoms with Crippen LogP contribution in [0.3, 0.4) is 0 Å². The fourth-order valence-corrected chi connectivity index (χ4v) is 3.75. The van der Waals surface area contributed by atoms with Gasteiger partial charge < -0.3 is 0 Å². The summed E-state index contributed by atoms with van der Waals surface area (Å²) in [4.78, 5) is 1.42. The number of hydrogen-bond acceptors (Lipinski definition) is 1. The topological polar surface area (TPSA) is 0 Å². The van der Waals surface area contributed by atoms with E-state index in [1.807, 2.05) is 24.3 Å². The van der Waals surface area contributed by atoms with Gasteiger partial charge in [-0.25, -0.2) is 0 Å². The zero-order valence-electron chi connectivity index (χ0n) is 7.58. The molecule has 15 heavy (non-hydrogen) atoms. The van der Waals surface area contributed by atoms with Gasteiger partial charge in [0.15, 0.2) is 0 Å². The van der Waals surface area contributed by atoms with Gasteiger partial charge in [-0.1, -0.05) is 57.9 Å². The molecule has 0 aliphatic carbocycles. The fourth-order valence-electron chi connectivity index (χ4n) is 1.27. The van der Waals surface area contributed by atoms with Crippen molar-refractivity contribution < 1.29 is 0 Å². The molecule has 0 aliphatic rings. The van der Waals surface area contributed by atoms with Gasteiger partial charge in [-0.2, -0.15) is 0 Å². The average Bonchev–Trinajstić information content (AvgIpc) is 2.59. The van der Waals surface area contributed by atoms with E-state index < -0.39 is 0 Å². The molecule has 0 nitrogen and oxygen atoms in total. The highest BCUT2D eigenvalue weighted by molar-refractivity contribution is 9.11. The predicted octanol–water partition coefficient (Wildman–Crippen LogP) is 5.65. The zero-order valence-corrected chi connectivity index (χ0v) is 12.3. The summed E-state index contributed by atoms with van der Waals surface area (Å²) in [6, 6.07) is 12.3. The summed E-state index contributed by atoms with van der Waals surface area (Å²) in [6.45, 7) is 0. The summed E-state index contributed by atoms with van der Waals surface area (Å²) in [5.74, 6) is 0. The third-order valence-corrected chi connectivity index (χ3v) is 5.87. The highest BCUT2D eigenvalue weighted by atomic mass is 79.9. The normalized spacial score (nSPS) is 12.7. The first kappa shape index (κ1) is 11.6. The average molecular weight is 367 g/mol. The van der Waals surface area contributed by atoms with Crippen molar-refractivity contribution in [3.8, 4) is 0 Å². The van der Waals surface area contributed by atoms with E-state index in [0.717, 1.165) is 8.81 Å². The van der Waals surface area contributed by atoms with E-state index in [2.05, 4.69) is 44.0 Å². The van der Waals surface area contributed by atoms with E-state index in [1.54, 1.807) is 11.3 Å². The van der Waals surface area contributed by atoms with E-state index in [-0.39, 0.29) is 4.83 Å². The minimum Gasteiger partial charge on any atom is -0.130 e. The molecule has 1 aromatic heterocycles. The monoisotopic (exact) mass is 364 g/mol. The highest BCUT2D eigenvalue weighted by Gasteiger charge is 2.14. The van der Waals surface area contributed by atoms with Crippen LogP contribution in [0.1, 0.15) is 15.3 Å². The van der Waals surface area contributed by atoms with Crippen molar-refractivity contribution in [3.63, 3.8) is 0 Å². The molecule has 0 saturated heterocycles. The van der Waals surface area contributed by atoms with Gasteiger partial charge in [-0.05, 0) is 27.6 Å². The Bertz CT molecular complexity index is 433. The van der Waals surface area contributed by atoms with Crippen LogP contribution in [0, 0.1) is 0 Å². The van der Waals surface area contributed by atoms with Crippen LogP contribution in [0.5, 0.6) is 0 Å². The summed E-state index contributed by atoms with van der Waals surface area (Å²) in [7, 11) is 0. The molecular weight excluding hydrogens is 359 g/mol. The third-order valence-electron chi connectivity index (χ3n) is 2.01. The Morgan fingerprint density at radius 2 is 1.87 bits per heavy atom. The largest absolute Gasteiger partial charge is 0.130 e. The number of rotatable bonds is 2. The van der Waals surface area contributed by atoms with Crippen LogP contribution < -0.4 is 0 Å². The van der Waals surface area contributed by atoms with Crippen molar-refractivity contribution in [3.05, 3.63) is 55.6 Å². The number of benzene rings is 1. The first-order valence-electron chi connectivity index (χ1n) is 4.32. The van der Waals surface area contributed by atoms with Gasteiger partial charge in [0.05, 0.1) is 13.6 Å². The van der Waals surface area contributed by atoms with Crippen LogP contribution >= 0.6 is 54.8 Å². The van der Waals surface area contributed by atoms with Crippen LogP contribution in [0.4, 0.5) is 0 Å². The summed E-state index contributed by atoms with van der Waals surface area (Å²) in [5.41, 5.74) is 1.24. The number of alkyl halides is 1. The molecule has 0 bridgehead atoms. The van der Waals surface area contributed by atoms with E-state index in [1.165, 1.54) is 10.4 Å². The smallest absolute Gasteiger partial charge is 0.0887 e. The minimum atomic E-state index is 0.215. The Balaban J connectivity index is 2.32. The lowest BCUT2D eigenvalue weighted by Gasteiger charge is -2.06. The van der Waals surface area contributed by atoms with Crippen LogP contribution in [-0.4, -0.2) is 0 Å². The SMILES string of the molecule is Clc1cc(C(Br)c2ccccc2)sc1Br. The van der Waals surface area contributed by atoms with Gasteiger partial charge >= 0.3 is 0 Å². The first-order chi connectivity index (χ1) is 7.18. The second-order valence-corrected chi connectivity index (χ2v) is 6.77. The summed E-state index contributed by atoms with van der Waals surface area (Å²) < 4.78 is 0.986. The van der Waals surface area contributed by atoms with Crippen LogP contribution in [0.25, 0.3) is 0 Å². The lowest BCUT2D eigenvalue weighted by atomic mass is 10.1. The molecule has 78 valence electrons. The molecule has 0 saturated carbocycles. The Labute approximate surface area is 115 Å². The van der Waals surface area contributed by atoms with Gasteiger partial charge in [0.1, 0.15) is 0 Å². The highest BCUT2D eigenvalue weighted by Crippen LogP contribution is 2.40.